The van der Waals surface area contributed by atoms with Crippen molar-refractivity contribution in [2.45, 2.75) is 39.2 Å². The summed E-state index contributed by atoms with van der Waals surface area (Å²) in [6.45, 7) is 13.6. The Hall–Kier alpha value is -2.22. The van der Waals surface area contributed by atoms with Crippen molar-refractivity contribution >= 4 is 11.8 Å². The number of benzene rings is 2. The van der Waals surface area contributed by atoms with Gasteiger partial charge in [-0.15, -0.1) is 0 Å². The lowest BCUT2D eigenvalue weighted by molar-refractivity contribution is 0.402. The van der Waals surface area contributed by atoms with Crippen molar-refractivity contribution in [2.75, 3.05) is 11.4 Å². The molecule has 3 rings (SSSR count). The molecule has 120 valence electrons. The predicted molar refractivity (Wildman–Crippen MR) is 98.2 cm³/mol. The Morgan fingerprint density at radius 1 is 1.26 bits per heavy atom. The smallest absolute Gasteiger partial charge is 0.121 e. The number of likely N-dealkylation sites (N-methyl/N-ethyl adjacent to an activating group) is 1. The number of hydrogen-bond acceptors (Lipinski definition) is 2. The summed E-state index contributed by atoms with van der Waals surface area (Å²) >= 11 is 0. The Morgan fingerprint density at radius 3 is 2.61 bits per heavy atom. The number of phenols is 1. The van der Waals surface area contributed by atoms with Crippen LogP contribution in [0.3, 0.4) is 0 Å². The average Bonchev–Trinajstić information content (AvgIpc) is 2.74. The number of phenolic OH excluding ortho intramolecular Hbond substituents is 1. The Morgan fingerprint density at radius 2 is 1.96 bits per heavy atom. The van der Waals surface area contributed by atoms with Gasteiger partial charge in [-0.1, -0.05) is 50.8 Å². The summed E-state index contributed by atoms with van der Waals surface area (Å²) in [5, 5.41) is 10.7. The first-order chi connectivity index (χ1) is 10.9. The first-order valence-corrected chi connectivity index (χ1v) is 8.24. The second kappa shape index (κ2) is 5.45. The lowest BCUT2D eigenvalue weighted by Gasteiger charge is -2.36. The molecule has 1 N–H and O–H groups in total. The topological polar surface area (TPSA) is 23.5 Å². The molecular formula is C21H25NO. The zero-order valence-electron chi connectivity index (χ0n) is 14.4. The maximum atomic E-state index is 10.7. The normalized spacial score (nSPS) is 18.8. The van der Waals surface area contributed by atoms with Crippen molar-refractivity contribution in [1.29, 1.82) is 0 Å². The van der Waals surface area contributed by atoms with E-state index in [0.29, 0.717) is 5.75 Å². The van der Waals surface area contributed by atoms with Crippen molar-refractivity contribution in [3.05, 3.63) is 65.2 Å². The van der Waals surface area contributed by atoms with Crippen LogP contribution in [0.5, 0.6) is 5.75 Å². The van der Waals surface area contributed by atoms with Crippen molar-refractivity contribution in [3.8, 4) is 5.75 Å². The first kappa shape index (κ1) is 15.7. The van der Waals surface area contributed by atoms with Gasteiger partial charge in [-0.2, -0.15) is 0 Å². The van der Waals surface area contributed by atoms with Gasteiger partial charge in [0, 0.05) is 23.2 Å². The van der Waals surface area contributed by atoms with E-state index in [1.807, 2.05) is 19.1 Å². The van der Waals surface area contributed by atoms with Gasteiger partial charge in [0.1, 0.15) is 5.75 Å². The number of anilines is 1. The van der Waals surface area contributed by atoms with E-state index in [9.17, 15) is 5.11 Å². The SMILES string of the molecule is C=Cc1cc(C)cc(O)c1C1N(CC)c2ccccc2C1(C)C. The molecular weight excluding hydrogens is 282 g/mol. The highest BCUT2D eigenvalue weighted by Crippen LogP contribution is 2.54. The van der Waals surface area contributed by atoms with Crippen LogP contribution in [0.15, 0.2) is 43.0 Å². The number of aromatic hydroxyl groups is 1. The van der Waals surface area contributed by atoms with Crippen molar-refractivity contribution in [1.82, 2.24) is 0 Å². The van der Waals surface area contributed by atoms with Crippen LogP contribution >= 0.6 is 0 Å². The molecule has 0 spiro atoms. The van der Waals surface area contributed by atoms with Gasteiger partial charge in [0.05, 0.1) is 6.04 Å². The third kappa shape index (κ3) is 2.24. The Kier molecular flexibility index (Phi) is 3.71. The van der Waals surface area contributed by atoms with Crippen LogP contribution in [-0.2, 0) is 5.41 Å². The lowest BCUT2D eigenvalue weighted by atomic mass is 9.76. The fraction of sp³-hybridized carbons (Fsp3) is 0.333. The van der Waals surface area contributed by atoms with Crippen molar-refractivity contribution < 1.29 is 5.11 Å². The molecule has 0 aromatic heterocycles. The summed E-state index contributed by atoms with van der Waals surface area (Å²) in [5.41, 5.74) is 5.57. The number of aryl methyl sites for hydroxylation is 1. The van der Waals surface area contributed by atoms with Crippen LogP contribution in [0.4, 0.5) is 5.69 Å². The maximum absolute atomic E-state index is 10.7. The zero-order chi connectivity index (χ0) is 16.8. The third-order valence-electron chi connectivity index (χ3n) is 5.07. The van der Waals surface area contributed by atoms with Gasteiger partial charge >= 0.3 is 0 Å². The number of para-hydroxylation sites is 1. The lowest BCUT2D eigenvalue weighted by Crippen LogP contribution is -2.34. The second-order valence-electron chi connectivity index (χ2n) is 6.92. The highest BCUT2D eigenvalue weighted by Gasteiger charge is 2.46. The summed E-state index contributed by atoms with van der Waals surface area (Å²) in [4.78, 5) is 2.40. The molecule has 0 radical (unpaired) electrons. The number of nitrogens with zero attached hydrogens (tertiary/aromatic N) is 1. The van der Waals surface area contributed by atoms with Gasteiger partial charge in [0.25, 0.3) is 0 Å². The largest absolute Gasteiger partial charge is 0.508 e. The van der Waals surface area contributed by atoms with Gasteiger partial charge < -0.3 is 10.0 Å². The Balaban J connectivity index is 2.27. The van der Waals surface area contributed by atoms with Crippen LogP contribution in [0.25, 0.3) is 6.08 Å². The van der Waals surface area contributed by atoms with Gasteiger partial charge in [-0.05, 0) is 42.7 Å². The van der Waals surface area contributed by atoms with Crippen molar-refractivity contribution in [3.63, 3.8) is 0 Å². The predicted octanol–water partition coefficient (Wildman–Crippen LogP) is 5.20. The highest BCUT2D eigenvalue weighted by molar-refractivity contribution is 5.70. The summed E-state index contributed by atoms with van der Waals surface area (Å²) in [5.74, 6) is 0.365. The molecule has 2 nitrogen and oxygen atoms in total. The van der Waals surface area contributed by atoms with E-state index in [0.717, 1.165) is 23.2 Å². The fourth-order valence-corrected chi connectivity index (χ4v) is 4.09. The van der Waals surface area contributed by atoms with Gasteiger partial charge in [0.15, 0.2) is 0 Å². The van der Waals surface area contributed by atoms with Crippen LogP contribution in [0.2, 0.25) is 0 Å². The minimum atomic E-state index is -0.0862. The monoisotopic (exact) mass is 307 g/mol. The summed E-state index contributed by atoms with van der Waals surface area (Å²) < 4.78 is 0. The Labute approximate surface area is 139 Å². The average molecular weight is 307 g/mol. The van der Waals surface area contributed by atoms with Crippen LogP contribution < -0.4 is 4.90 Å². The van der Waals surface area contributed by atoms with Gasteiger partial charge in [-0.3, -0.25) is 0 Å². The van der Waals surface area contributed by atoms with E-state index >= 15 is 0 Å². The fourth-order valence-electron chi connectivity index (χ4n) is 4.09. The number of hydrogen-bond donors (Lipinski definition) is 1. The molecule has 0 bridgehead atoms. The zero-order valence-corrected chi connectivity index (χ0v) is 14.4. The van der Waals surface area contributed by atoms with E-state index in [1.54, 1.807) is 0 Å². The minimum absolute atomic E-state index is 0.0862. The summed E-state index contributed by atoms with van der Waals surface area (Å²) in [6, 6.07) is 12.6. The molecule has 0 saturated carbocycles. The summed E-state index contributed by atoms with van der Waals surface area (Å²) in [6.07, 6.45) is 1.86. The highest BCUT2D eigenvalue weighted by atomic mass is 16.3. The molecule has 0 saturated heterocycles. The molecule has 0 aliphatic carbocycles. The maximum Gasteiger partial charge on any atom is 0.121 e. The molecule has 1 heterocycles. The van der Waals surface area contributed by atoms with E-state index in [4.69, 9.17) is 0 Å². The van der Waals surface area contributed by atoms with E-state index in [-0.39, 0.29) is 11.5 Å². The molecule has 0 fully saturated rings. The minimum Gasteiger partial charge on any atom is -0.508 e. The quantitative estimate of drug-likeness (QED) is 0.842. The van der Waals surface area contributed by atoms with E-state index in [2.05, 4.69) is 62.6 Å². The van der Waals surface area contributed by atoms with Gasteiger partial charge in [0.2, 0.25) is 0 Å². The van der Waals surface area contributed by atoms with Gasteiger partial charge in [-0.25, -0.2) is 0 Å². The second-order valence-corrected chi connectivity index (χ2v) is 6.92. The first-order valence-electron chi connectivity index (χ1n) is 8.24. The third-order valence-corrected chi connectivity index (χ3v) is 5.07. The van der Waals surface area contributed by atoms with E-state index in [1.165, 1.54) is 11.3 Å². The number of fused-ring (bicyclic) bond motifs is 1. The van der Waals surface area contributed by atoms with E-state index < -0.39 is 0 Å². The van der Waals surface area contributed by atoms with Crippen LogP contribution in [0.1, 0.15) is 49.1 Å². The molecule has 1 atom stereocenters. The number of rotatable bonds is 3. The Bertz CT molecular complexity index is 760. The van der Waals surface area contributed by atoms with Crippen molar-refractivity contribution in [2.24, 2.45) is 0 Å². The molecule has 0 amide bonds. The van der Waals surface area contributed by atoms with Crippen LogP contribution in [-0.4, -0.2) is 11.7 Å². The molecule has 1 unspecified atom stereocenters. The molecule has 2 heteroatoms. The summed E-state index contributed by atoms with van der Waals surface area (Å²) in [7, 11) is 0. The standard InChI is InChI=1S/C21H25NO/c1-6-15-12-14(3)13-18(23)19(15)20-21(4,5)16-10-8-9-11-17(16)22(20)7-2/h6,8-13,20,23H,1,7H2,2-5H3. The van der Waals surface area contributed by atoms with Crippen LogP contribution in [0, 0.1) is 6.92 Å². The molecule has 2 aromatic rings. The molecule has 1 aliphatic heterocycles. The molecule has 1 aliphatic rings. The molecule has 2 aromatic carbocycles. The molecule has 23 heavy (non-hydrogen) atoms.